The van der Waals surface area contributed by atoms with E-state index in [1.165, 1.54) is 0 Å². The third-order valence-electron chi connectivity index (χ3n) is 3.97. The maximum absolute atomic E-state index is 10.6. The molecule has 116 valence electrons. The van der Waals surface area contributed by atoms with Crippen molar-refractivity contribution < 1.29 is 17.5 Å². The van der Waals surface area contributed by atoms with Crippen molar-refractivity contribution in [2.24, 2.45) is 4.99 Å². The van der Waals surface area contributed by atoms with Crippen molar-refractivity contribution in [1.29, 1.82) is 0 Å². The number of fused-ring (bicyclic) bond motifs is 1. The summed E-state index contributed by atoms with van der Waals surface area (Å²) in [5, 5.41) is 0.628. The molecule has 1 aliphatic heterocycles. The summed E-state index contributed by atoms with van der Waals surface area (Å²) in [6.07, 6.45) is 2.73. The van der Waals surface area contributed by atoms with Crippen LogP contribution < -0.4 is 4.57 Å². The van der Waals surface area contributed by atoms with Crippen molar-refractivity contribution in [1.82, 2.24) is 0 Å². The fraction of sp³-hybridized carbons (Fsp3) is 0.571. The van der Waals surface area contributed by atoms with Crippen LogP contribution in [0.15, 0.2) is 17.3 Å². The van der Waals surface area contributed by atoms with E-state index in [9.17, 15) is 13.0 Å². The predicted molar refractivity (Wildman–Crippen MR) is 81.2 cm³/mol. The van der Waals surface area contributed by atoms with E-state index >= 15 is 0 Å². The van der Waals surface area contributed by atoms with Crippen LogP contribution in [0.3, 0.4) is 0 Å². The highest BCUT2D eigenvalue weighted by atomic mass is 35.5. The molecule has 2 rings (SSSR count). The molecule has 1 aliphatic rings. The van der Waals surface area contributed by atoms with E-state index < -0.39 is 10.1 Å². The Morgan fingerprint density at radius 3 is 2.67 bits per heavy atom. The molecule has 0 atom stereocenters. The number of aliphatic imine (C=N–C) groups is 1. The average Bonchev–Trinajstić information content (AvgIpc) is 2.56. The molecule has 21 heavy (non-hydrogen) atoms. The van der Waals surface area contributed by atoms with Gasteiger partial charge < -0.3 is 4.55 Å². The van der Waals surface area contributed by atoms with Gasteiger partial charge in [0.25, 0.3) is 0 Å². The zero-order chi connectivity index (χ0) is 15.8. The summed E-state index contributed by atoms with van der Waals surface area (Å²) in [4.78, 5) is 4.61. The summed E-state index contributed by atoms with van der Waals surface area (Å²) in [6.45, 7) is 6.78. The zero-order valence-corrected chi connectivity index (χ0v) is 14.0. The van der Waals surface area contributed by atoms with Crippen LogP contribution in [0, 0.1) is 0 Å². The van der Waals surface area contributed by atoms with E-state index in [0.29, 0.717) is 24.4 Å². The van der Waals surface area contributed by atoms with Crippen molar-refractivity contribution in [3.63, 3.8) is 0 Å². The lowest BCUT2D eigenvalue weighted by molar-refractivity contribution is -0.684. The first-order valence-electron chi connectivity index (χ1n) is 6.84. The maximum Gasteiger partial charge on any atom is 0.327 e. The number of aryl methyl sites for hydroxylation is 1. The molecule has 0 aromatic carbocycles. The Labute approximate surface area is 130 Å². The lowest BCUT2D eigenvalue weighted by atomic mass is 9.83. The van der Waals surface area contributed by atoms with Crippen molar-refractivity contribution in [3.05, 3.63) is 22.8 Å². The van der Waals surface area contributed by atoms with Gasteiger partial charge in [-0.15, -0.1) is 0 Å². The molecule has 0 fully saturated rings. The Bertz CT molecular complexity index is 696. The van der Waals surface area contributed by atoms with E-state index in [4.69, 9.17) is 11.6 Å². The molecule has 7 heteroatoms. The minimum absolute atomic E-state index is 0.152. The van der Waals surface area contributed by atoms with Crippen molar-refractivity contribution in [2.75, 3.05) is 5.75 Å². The molecular formula is C14H19ClN2O3S. The van der Waals surface area contributed by atoms with Crippen LogP contribution in [-0.4, -0.2) is 24.4 Å². The van der Waals surface area contributed by atoms with Crippen LogP contribution in [0.4, 0.5) is 5.82 Å². The number of hydrogen-bond acceptors (Lipinski definition) is 4. The van der Waals surface area contributed by atoms with E-state index in [2.05, 4.69) is 18.8 Å². The van der Waals surface area contributed by atoms with Crippen molar-refractivity contribution in [3.8, 4) is 0 Å². The van der Waals surface area contributed by atoms with Crippen LogP contribution in [0.2, 0.25) is 5.02 Å². The first-order chi connectivity index (χ1) is 9.61. The van der Waals surface area contributed by atoms with Gasteiger partial charge in [0.05, 0.1) is 32.7 Å². The Morgan fingerprint density at radius 1 is 1.38 bits per heavy atom. The molecule has 2 heterocycles. The molecule has 0 amide bonds. The molecule has 0 unspecified atom stereocenters. The van der Waals surface area contributed by atoms with Crippen molar-refractivity contribution in [2.45, 2.75) is 45.6 Å². The first kappa shape index (κ1) is 16.4. The molecule has 5 nitrogen and oxygen atoms in total. The van der Waals surface area contributed by atoms with Crippen molar-refractivity contribution >= 4 is 33.2 Å². The lowest BCUT2D eigenvalue weighted by Crippen LogP contribution is -2.35. The summed E-state index contributed by atoms with van der Waals surface area (Å²) in [7, 11) is -4.14. The number of pyridine rings is 1. The molecule has 0 saturated carbocycles. The van der Waals surface area contributed by atoms with Gasteiger partial charge in [0, 0.05) is 5.75 Å². The van der Waals surface area contributed by atoms with Crippen LogP contribution >= 0.6 is 11.6 Å². The van der Waals surface area contributed by atoms with Crippen LogP contribution in [-0.2, 0) is 22.1 Å². The highest BCUT2D eigenvalue weighted by Gasteiger charge is 2.41. The van der Waals surface area contributed by atoms with Gasteiger partial charge in [-0.2, -0.15) is 0 Å². The normalized spacial score (nSPS) is 16.7. The molecule has 1 aromatic rings. The topological polar surface area (TPSA) is 73.4 Å². The fourth-order valence-corrected chi connectivity index (χ4v) is 3.20. The van der Waals surface area contributed by atoms with Gasteiger partial charge in [-0.1, -0.05) is 11.6 Å². The highest BCUT2D eigenvalue weighted by Crippen LogP contribution is 2.38. The Kier molecular flexibility index (Phi) is 4.42. The average molecular weight is 331 g/mol. The quantitative estimate of drug-likeness (QED) is 0.472. The molecule has 0 bridgehead atoms. The SMILES string of the molecule is CC1=Nc2c(cc(Cl)c[n+]2CCCCS(=O)(=O)[O-])C1(C)C. The van der Waals surface area contributed by atoms with Gasteiger partial charge in [0.2, 0.25) is 0 Å². The number of unbranched alkanes of at least 4 members (excludes halogenated alkanes) is 1. The Balaban J connectivity index is 2.19. The molecular weight excluding hydrogens is 312 g/mol. The van der Waals surface area contributed by atoms with Crippen LogP contribution in [0.25, 0.3) is 0 Å². The molecule has 0 saturated heterocycles. The molecule has 0 N–H and O–H groups in total. The number of hydrogen-bond donors (Lipinski definition) is 0. The summed E-state index contributed by atoms with van der Waals surface area (Å²) in [6, 6.07) is 1.93. The van der Waals surface area contributed by atoms with Gasteiger partial charge in [-0.05, 0) is 44.7 Å². The largest absolute Gasteiger partial charge is 0.748 e. The van der Waals surface area contributed by atoms with E-state index in [1.807, 2.05) is 17.6 Å². The van der Waals surface area contributed by atoms with Gasteiger partial charge >= 0.3 is 5.82 Å². The van der Waals surface area contributed by atoms with Crippen LogP contribution in [0.1, 0.15) is 39.2 Å². The van der Waals surface area contributed by atoms with E-state index in [0.717, 1.165) is 17.1 Å². The van der Waals surface area contributed by atoms with Crippen LogP contribution in [0.5, 0.6) is 0 Å². The Morgan fingerprint density at radius 2 is 2.05 bits per heavy atom. The van der Waals surface area contributed by atoms with Gasteiger partial charge in [-0.3, -0.25) is 0 Å². The minimum atomic E-state index is -4.14. The second-order valence-corrected chi connectivity index (χ2v) is 7.84. The van der Waals surface area contributed by atoms with Gasteiger partial charge in [-0.25, -0.2) is 13.0 Å². The fourth-order valence-electron chi connectivity index (χ4n) is 2.41. The summed E-state index contributed by atoms with van der Waals surface area (Å²) >= 11 is 6.17. The molecule has 0 aliphatic carbocycles. The minimum Gasteiger partial charge on any atom is -0.748 e. The van der Waals surface area contributed by atoms with Gasteiger partial charge in [0.15, 0.2) is 0 Å². The lowest BCUT2D eigenvalue weighted by Gasteiger charge is -2.16. The number of rotatable bonds is 5. The summed E-state index contributed by atoms with van der Waals surface area (Å²) in [5.41, 5.74) is 1.94. The van der Waals surface area contributed by atoms with E-state index in [-0.39, 0.29) is 11.2 Å². The monoisotopic (exact) mass is 330 g/mol. The number of halogens is 1. The first-order valence-corrected chi connectivity index (χ1v) is 8.79. The summed E-state index contributed by atoms with van der Waals surface area (Å²) in [5.74, 6) is 0.538. The zero-order valence-electron chi connectivity index (χ0n) is 12.4. The third-order valence-corrected chi connectivity index (χ3v) is 4.96. The standard InChI is InChI=1S/C14H19ClN2O3S/c1-10-14(2,3)12-8-11(15)9-17(13(12)16-10)6-4-5-7-21(18,19)20/h8-9H,4-7H2,1-3H3. The third kappa shape index (κ3) is 3.62. The second kappa shape index (κ2) is 5.66. The maximum atomic E-state index is 10.6. The predicted octanol–water partition coefficient (Wildman–Crippen LogP) is 2.34. The number of aromatic nitrogens is 1. The molecule has 1 aromatic heterocycles. The van der Waals surface area contributed by atoms with E-state index in [1.54, 1.807) is 6.20 Å². The number of nitrogens with zero attached hydrogens (tertiary/aromatic N) is 2. The Hall–Kier alpha value is -0.980. The second-order valence-electron chi connectivity index (χ2n) is 5.88. The highest BCUT2D eigenvalue weighted by molar-refractivity contribution is 7.85. The summed E-state index contributed by atoms with van der Waals surface area (Å²) < 4.78 is 33.8. The molecule has 0 radical (unpaired) electrons. The molecule has 0 spiro atoms. The van der Waals surface area contributed by atoms with Gasteiger partial charge in [0.1, 0.15) is 11.9 Å². The smallest absolute Gasteiger partial charge is 0.327 e.